The van der Waals surface area contributed by atoms with Crippen molar-refractivity contribution in [2.45, 2.75) is 20.3 Å². The minimum Gasteiger partial charge on any atom is -0.385 e. The summed E-state index contributed by atoms with van der Waals surface area (Å²) in [5.41, 5.74) is 4.35. The molecular weight excluding hydrogens is 348 g/mol. The third-order valence-electron chi connectivity index (χ3n) is 4.43. The van der Waals surface area contributed by atoms with Crippen LogP contribution in [0.15, 0.2) is 41.4 Å². The molecule has 3 rings (SSSR count). The second-order valence-electron chi connectivity index (χ2n) is 6.25. The van der Waals surface area contributed by atoms with Crippen molar-refractivity contribution in [3.63, 3.8) is 0 Å². The van der Waals surface area contributed by atoms with Crippen molar-refractivity contribution in [3.8, 4) is 5.69 Å². The topological polar surface area (TPSA) is 51.5 Å². The highest BCUT2D eigenvalue weighted by Crippen LogP contribution is 2.32. The summed E-state index contributed by atoms with van der Waals surface area (Å²) in [5, 5.41) is -0.221. The van der Waals surface area contributed by atoms with E-state index >= 15 is 0 Å². The molecule has 0 radical (unpaired) electrons. The molecular formula is C20H22N2O3S. The number of carbonyl (C=O) groups excluding carboxylic acids is 2. The molecule has 1 aromatic carbocycles. The van der Waals surface area contributed by atoms with Crippen LogP contribution in [-0.2, 0) is 9.53 Å². The van der Waals surface area contributed by atoms with Gasteiger partial charge in [0.1, 0.15) is 0 Å². The largest absolute Gasteiger partial charge is 0.385 e. The summed E-state index contributed by atoms with van der Waals surface area (Å²) in [5.74, 6) is -0.232. The maximum atomic E-state index is 12.5. The average molecular weight is 370 g/mol. The highest BCUT2D eigenvalue weighted by atomic mass is 32.2. The molecule has 0 unspecified atom stereocenters. The summed E-state index contributed by atoms with van der Waals surface area (Å²) in [4.78, 5) is 26.4. The van der Waals surface area contributed by atoms with Crippen molar-refractivity contribution < 1.29 is 14.3 Å². The molecule has 2 heterocycles. The van der Waals surface area contributed by atoms with Gasteiger partial charge in [0.25, 0.3) is 11.1 Å². The minimum absolute atomic E-state index is 0.221. The number of hydrogen-bond acceptors (Lipinski definition) is 4. The third-order valence-corrected chi connectivity index (χ3v) is 5.34. The van der Waals surface area contributed by atoms with Crippen molar-refractivity contribution in [2.75, 3.05) is 20.3 Å². The van der Waals surface area contributed by atoms with E-state index in [0.717, 1.165) is 23.1 Å². The molecule has 26 heavy (non-hydrogen) atoms. The molecule has 1 aromatic heterocycles. The van der Waals surface area contributed by atoms with Gasteiger partial charge in [-0.05, 0) is 73.5 Å². The Balaban J connectivity index is 1.85. The number of methoxy groups -OCH3 is 1. The van der Waals surface area contributed by atoms with Crippen LogP contribution in [0.4, 0.5) is 4.79 Å². The van der Waals surface area contributed by atoms with Crippen LogP contribution in [0.25, 0.3) is 11.8 Å². The summed E-state index contributed by atoms with van der Waals surface area (Å²) in [7, 11) is 1.61. The predicted octanol–water partition coefficient (Wildman–Crippen LogP) is 4.17. The van der Waals surface area contributed by atoms with Gasteiger partial charge >= 0.3 is 0 Å². The first-order valence-corrected chi connectivity index (χ1v) is 9.32. The highest BCUT2D eigenvalue weighted by molar-refractivity contribution is 8.18. The normalized spacial score (nSPS) is 16.1. The van der Waals surface area contributed by atoms with Crippen LogP contribution in [0.2, 0.25) is 0 Å². The molecule has 6 heteroatoms. The number of nitrogens with zero attached hydrogens (tertiary/aromatic N) is 2. The second-order valence-corrected chi connectivity index (χ2v) is 7.24. The van der Waals surface area contributed by atoms with E-state index in [0.29, 0.717) is 24.5 Å². The average Bonchev–Trinajstić information content (AvgIpc) is 3.17. The summed E-state index contributed by atoms with van der Waals surface area (Å²) in [6, 6.07) is 10.1. The zero-order valence-electron chi connectivity index (χ0n) is 15.2. The molecule has 1 aliphatic heterocycles. The van der Waals surface area contributed by atoms with Gasteiger partial charge in [0.15, 0.2) is 0 Å². The second kappa shape index (κ2) is 7.93. The molecule has 0 bridgehead atoms. The van der Waals surface area contributed by atoms with Crippen LogP contribution >= 0.6 is 11.8 Å². The zero-order valence-corrected chi connectivity index (χ0v) is 16.0. The summed E-state index contributed by atoms with van der Waals surface area (Å²) >= 11 is 0.992. The van der Waals surface area contributed by atoms with Gasteiger partial charge in [0.2, 0.25) is 0 Å². The lowest BCUT2D eigenvalue weighted by atomic mass is 10.1. The van der Waals surface area contributed by atoms with Gasteiger partial charge in [-0.25, -0.2) is 0 Å². The van der Waals surface area contributed by atoms with Gasteiger partial charge in [0.05, 0.1) is 4.91 Å². The number of benzene rings is 1. The molecule has 0 N–H and O–H groups in total. The van der Waals surface area contributed by atoms with Crippen molar-refractivity contribution in [1.29, 1.82) is 0 Å². The summed E-state index contributed by atoms with van der Waals surface area (Å²) < 4.78 is 7.01. The van der Waals surface area contributed by atoms with Crippen LogP contribution < -0.4 is 0 Å². The van der Waals surface area contributed by atoms with Crippen molar-refractivity contribution in [2.24, 2.45) is 0 Å². The number of carbonyl (C=O) groups is 2. The highest BCUT2D eigenvalue weighted by Gasteiger charge is 2.34. The van der Waals surface area contributed by atoms with E-state index in [2.05, 4.69) is 32.0 Å². The number of aryl methyl sites for hydroxylation is 2. The van der Waals surface area contributed by atoms with Gasteiger partial charge in [-0.15, -0.1) is 0 Å². The number of aromatic nitrogens is 1. The number of amides is 2. The smallest absolute Gasteiger partial charge is 0.293 e. The Kier molecular flexibility index (Phi) is 5.64. The Hall–Kier alpha value is -2.31. The molecule has 0 aliphatic carbocycles. The Morgan fingerprint density at radius 1 is 1.15 bits per heavy atom. The van der Waals surface area contributed by atoms with Gasteiger partial charge < -0.3 is 9.30 Å². The van der Waals surface area contributed by atoms with E-state index in [1.165, 1.54) is 16.0 Å². The predicted molar refractivity (Wildman–Crippen MR) is 104 cm³/mol. The SMILES string of the molecule is COCCCN1C(=O)S/C(=C/c2cccn2-c2ccc(C)c(C)c2)C1=O. The van der Waals surface area contributed by atoms with E-state index in [9.17, 15) is 9.59 Å². The van der Waals surface area contributed by atoms with E-state index in [-0.39, 0.29) is 11.1 Å². The molecule has 1 fully saturated rings. The van der Waals surface area contributed by atoms with Crippen LogP contribution in [0.5, 0.6) is 0 Å². The number of ether oxygens (including phenoxy) is 1. The number of hydrogen-bond donors (Lipinski definition) is 0. The van der Waals surface area contributed by atoms with Gasteiger partial charge in [0, 0.05) is 37.8 Å². The zero-order chi connectivity index (χ0) is 18.7. The fourth-order valence-electron chi connectivity index (χ4n) is 2.82. The van der Waals surface area contributed by atoms with Crippen molar-refractivity contribution in [3.05, 3.63) is 58.3 Å². The summed E-state index contributed by atoms with van der Waals surface area (Å²) in [6.45, 7) is 5.06. The van der Waals surface area contributed by atoms with Crippen LogP contribution in [0.3, 0.4) is 0 Å². The maximum Gasteiger partial charge on any atom is 0.293 e. The maximum absolute atomic E-state index is 12.5. The Bertz CT molecular complexity index is 870. The Labute approximate surface area is 157 Å². The van der Waals surface area contributed by atoms with Gasteiger partial charge in [-0.2, -0.15) is 0 Å². The van der Waals surface area contributed by atoms with Crippen molar-refractivity contribution >= 4 is 29.0 Å². The number of thioether (sulfide) groups is 1. The van der Waals surface area contributed by atoms with E-state index < -0.39 is 0 Å². The fraction of sp³-hybridized carbons (Fsp3) is 0.300. The monoisotopic (exact) mass is 370 g/mol. The molecule has 0 saturated carbocycles. The molecule has 1 saturated heterocycles. The lowest BCUT2D eigenvalue weighted by molar-refractivity contribution is -0.122. The first-order chi connectivity index (χ1) is 12.5. The number of rotatable bonds is 6. The summed E-state index contributed by atoms with van der Waals surface area (Å²) in [6.07, 6.45) is 4.38. The Morgan fingerprint density at radius 2 is 1.96 bits per heavy atom. The van der Waals surface area contributed by atoms with Crippen LogP contribution in [0.1, 0.15) is 23.2 Å². The van der Waals surface area contributed by atoms with Gasteiger partial charge in [-0.1, -0.05) is 6.07 Å². The fourth-order valence-corrected chi connectivity index (χ4v) is 3.67. The molecule has 0 spiro atoms. The van der Waals surface area contributed by atoms with E-state index in [1.54, 1.807) is 13.2 Å². The van der Waals surface area contributed by atoms with Crippen LogP contribution in [0, 0.1) is 13.8 Å². The quantitative estimate of drug-likeness (QED) is 0.566. The Morgan fingerprint density at radius 3 is 2.69 bits per heavy atom. The number of imide groups is 1. The molecule has 0 atom stereocenters. The van der Waals surface area contributed by atoms with Gasteiger partial charge in [-0.3, -0.25) is 14.5 Å². The lowest BCUT2D eigenvalue weighted by Crippen LogP contribution is -2.29. The van der Waals surface area contributed by atoms with E-state index in [1.807, 2.05) is 22.9 Å². The molecule has 2 amide bonds. The first-order valence-electron chi connectivity index (χ1n) is 8.50. The van der Waals surface area contributed by atoms with Crippen LogP contribution in [-0.4, -0.2) is 40.9 Å². The van der Waals surface area contributed by atoms with E-state index in [4.69, 9.17) is 4.74 Å². The minimum atomic E-state index is -0.232. The first kappa shape index (κ1) is 18.5. The molecule has 136 valence electrons. The lowest BCUT2D eigenvalue weighted by Gasteiger charge is -2.11. The molecule has 2 aromatic rings. The standard InChI is InChI=1S/C20H22N2O3S/c1-14-7-8-17(12-15(14)2)21-9-4-6-16(21)13-18-19(23)22(20(24)26-18)10-5-11-25-3/h4,6-9,12-13H,5,10-11H2,1-3H3/b18-13+. The molecule has 5 nitrogen and oxygen atoms in total. The van der Waals surface area contributed by atoms with Crippen molar-refractivity contribution in [1.82, 2.24) is 9.47 Å². The third kappa shape index (κ3) is 3.76. The molecule has 1 aliphatic rings.